The Balaban J connectivity index is 1.82. The van der Waals surface area contributed by atoms with Crippen LogP contribution >= 0.6 is 23.1 Å². The van der Waals surface area contributed by atoms with Crippen molar-refractivity contribution in [1.82, 2.24) is 10.2 Å². The minimum Gasteiger partial charge on any atom is -0.330 e. The van der Waals surface area contributed by atoms with Gasteiger partial charge in [-0.25, -0.2) is 4.39 Å². The molecule has 0 radical (unpaired) electrons. The number of nitriles is 1. The fourth-order valence-corrected chi connectivity index (χ4v) is 3.77. The van der Waals surface area contributed by atoms with Gasteiger partial charge in [-0.15, -0.1) is 10.2 Å². The zero-order valence-corrected chi connectivity index (χ0v) is 14.0. The summed E-state index contributed by atoms with van der Waals surface area (Å²) in [5.74, 6) is -0.381. The van der Waals surface area contributed by atoms with Gasteiger partial charge < -0.3 is 5.32 Å². The number of hydrogen-bond acceptors (Lipinski definition) is 8. The molecule has 7 nitrogen and oxygen atoms in total. The Morgan fingerprint density at radius 3 is 2.84 bits per heavy atom. The minimum atomic E-state index is -0.517. The number of nitrogens with zero attached hydrogens (tertiary/aromatic N) is 4. The predicted octanol–water partition coefficient (Wildman–Crippen LogP) is 4.35. The molecule has 0 fully saturated rings. The topological polar surface area (TPSA) is 105 Å². The van der Waals surface area contributed by atoms with Crippen LogP contribution in [-0.4, -0.2) is 15.1 Å². The molecule has 25 heavy (non-hydrogen) atoms. The SMILES string of the molecule is N#Cc1ccc([N+](=O)[O-])c(Sc2nnc(Nc3cccc(F)c3)s2)c1. The standard InChI is InChI=1S/C15H8FN5O2S2/c16-10-2-1-3-11(7-10)18-14-19-20-15(25-14)24-13-6-9(8-17)4-5-12(13)21(22)23/h1-7H,(H,18,19). The van der Waals surface area contributed by atoms with Gasteiger partial charge in [0, 0.05) is 11.8 Å². The van der Waals surface area contributed by atoms with Gasteiger partial charge in [-0.05, 0) is 42.1 Å². The van der Waals surface area contributed by atoms with Crippen molar-refractivity contribution in [3.8, 4) is 6.07 Å². The van der Waals surface area contributed by atoms with Crippen molar-refractivity contribution in [2.45, 2.75) is 9.24 Å². The molecule has 0 saturated carbocycles. The Kier molecular flexibility index (Phi) is 4.87. The molecule has 0 atom stereocenters. The third-order valence-corrected chi connectivity index (χ3v) is 4.90. The third-order valence-electron chi connectivity index (χ3n) is 2.97. The van der Waals surface area contributed by atoms with Crippen LogP contribution in [0.3, 0.4) is 0 Å². The summed E-state index contributed by atoms with van der Waals surface area (Å²) < 4.78 is 13.6. The van der Waals surface area contributed by atoms with Gasteiger partial charge in [0.1, 0.15) is 5.82 Å². The third kappa shape index (κ3) is 4.09. The highest BCUT2D eigenvalue weighted by molar-refractivity contribution is 8.01. The highest BCUT2D eigenvalue weighted by Crippen LogP contribution is 2.38. The second-order valence-electron chi connectivity index (χ2n) is 4.66. The van der Waals surface area contributed by atoms with Gasteiger partial charge in [0.15, 0.2) is 4.34 Å². The summed E-state index contributed by atoms with van der Waals surface area (Å²) in [6, 6.07) is 11.9. The Hall–Kier alpha value is -3.03. The minimum absolute atomic E-state index is 0.112. The van der Waals surface area contributed by atoms with E-state index in [9.17, 15) is 14.5 Å². The molecule has 2 aromatic carbocycles. The molecular formula is C15H8FN5O2S2. The lowest BCUT2D eigenvalue weighted by atomic mass is 10.2. The summed E-state index contributed by atoms with van der Waals surface area (Å²) in [6.07, 6.45) is 0. The van der Waals surface area contributed by atoms with Gasteiger partial charge in [0.2, 0.25) is 5.13 Å². The first-order valence-electron chi connectivity index (χ1n) is 6.77. The Bertz CT molecular complexity index is 986. The van der Waals surface area contributed by atoms with E-state index in [1.165, 1.54) is 30.3 Å². The van der Waals surface area contributed by atoms with E-state index in [4.69, 9.17) is 5.26 Å². The van der Waals surface area contributed by atoms with Crippen molar-refractivity contribution >= 4 is 39.6 Å². The molecule has 10 heteroatoms. The lowest BCUT2D eigenvalue weighted by molar-refractivity contribution is -0.387. The van der Waals surface area contributed by atoms with Crippen molar-refractivity contribution in [2.75, 3.05) is 5.32 Å². The van der Waals surface area contributed by atoms with E-state index in [-0.39, 0.29) is 11.5 Å². The van der Waals surface area contributed by atoms with E-state index >= 15 is 0 Å². The largest absolute Gasteiger partial charge is 0.330 e. The summed E-state index contributed by atoms with van der Waals surface area (Å²) in [7, 11) is 0. The second kappa shape index (κ2) is 7.25. The van der Waals surface area contributed by atoms with Crippen molar-refractivity contribution in [2.24, 2.45) is 0 Å². The van der Waals surface area contributed by atoms with Crippen molar-refractivity contribution in [3.05, 3.63) is 64.0 Å². The fourth-order valence-electron chi connectivity index (χ4n) is 1.90. The molecule has 0 saturated heterocycles. The average Bonchev–Trinajstić information content (AvgIpc) is 3.01. The van der Waals surface area contributed by atoms with Crippen LogP contribution in [0.5, 0.6) is 0 Å². The van der Waals surface area contributed by atoms with Crippen LogP contribution in [0.1, 0.15) is 5.56 Å². The Morgan fingerprint density at radius 1 is 1.28 bits per heavy atom. The molecule has 1 heterocycles. The summed E-state index contributed by atoms with van der Waals surface area (Å²) in [5, 5.41) is 31.3. The van der Waals surface area contributed by atoms with E-state index in [1.54, 1.807) is 12.1 Å². The maximum atomic E-state index is 13.2. The first-order chi connectivity index (χ1) is 12.0. The number of hydrogen-bond donors (Lipinski definition) is 1. The summed E-state index contributed by atoms with van der Waals surface area (Å²) in [6.45, 7) is 0. The monoisotopic (exact) mass is 373 g/mol. The second-order valence-corrected chi connectivity index (χ2v) is 6.93. The predicted molar refractivity (Wildman–Crippen MR) is 91.5 cm³/mol. The van der Waals surface area contributed by atoms with Crippen LogP contribution in [0.15, 0.2) is 51.7 Å². The lowest BCUT2D eigenvalue weighted by Gasteiger charge is -2.01. The van der Waals surface area contributed by atoms with Crippen LogP contribution in [0.4, 0.5) is 20.9 Å². The van der Waals surface area contributed by atoms with Crippen LogP contribution in [-0.2, 0) is 0 Å². The fraction of sp³-hybridized carbons (Fsp3) is 0. The van der Waals surface area contributed by atoms with Crippen molar-refractivity contribution in [3.63, 3.8) is 0 Å². The van der Waals surface area contributed by atoms with Gasteiger partial charge in [-0.1, -0.05) is 17.4 Å². The molecule has 1 aromatic heterocycles. The van der Waals surface area contributed by atoms with E-state index in [0.29, 0.717) is 25.6 Å². The van der Waals surface area contributed by atoms with Gasteiger partial charge in [0.05, 0.1) is 21.5 Å². The van der Waals surface area contributed by atoms with Crippen LogP contribution in [0, 0.1) is 27.3 Å². The zero-order valence-electron chi connectivity index (χ0n) is 12.3. The quantitative estimate of drug-likeness (QED) is 0.523. The van der Waals surface area contributed by atoms with Gasteiger partial charge in [-0.2, -0.15) is 5.26 Å². The molecule has 1 N–H and O–H groups in total. The Morgan fingerprint density at radius 2 is 2.12 bits per heavy atom. The smallest absolute Gasteiger partial charge is 0.283 e. The lowest BCUT2D eigenvalue weighted by Crippen LogP contribution is -1.91. The summed E-state index contributed by atoms with van der Waals surface area (Å²) >= 11 is 2.21. The number of nitrogens with one attached hydrogen (secondary N) is 1. The molecule has 3 aromatic rings. The maximum absolute atomic E-state index is 13.2. The van der Waals surface area contributed by atoms with Gasteiger partial charge in [-0.3, -0.25) is 10.1 Å². The number of rotatable bonds is 5. The molecule has 0 aliphatic rings. The number of nitro groups is 1. The number of anilines is 2. The number of aromatic nitrogens is 2. The first-order valence-corrected chi connectivity index (χ1v) is 8.41. The Labute approximate surface area is 149 Å². The molecule has 0 aliphatic heterocycles. The summed E-state index contributed by atoms with van der Waals surface area (Å²) in [4.78, 5) is 10.9. The van der Waals surface area contributed by atoms with Crippen LogP contribution < -0.4 is 5.32 Å². The first kappa shape index (κ1) is 16.8. The summed E-state index contributed by atoms with van der Waals surface area (Å²) in [5.41, 5.74) is 0.722. The van der Waals surface area contributed by atoms with Gasteiger partial charge >= 0.3 is 0 Å². The number of nitro benzene ring substituents is 1. The molecule has 0 amide bonds. The average molecular weight is 373 g/mol. The van der Waals surface area contributed by atoms with Crippen molar-refractivity contribution in [1.29, 1.82) is 5.26 Å². The molecule has 0 unspecified atom stereocenters. The van der Waals surface area contributed by atoms with Gasteiger partial charge in [0.25, 0.3) is 5.69 Å². The highest BCUT2D eigenvalue weighted by Gasteiger charge is 2.17. The van der Waals surface area contributed by atoms with E-state index in [2.05, 4.69) is 15.5 Å². The normalized spacial score (nSPS) is 10.2. The van der Waals surface area contributed by atoms with Crippen LogP contribution in [0.25, 0.3) is 0 Å². The van der Waals surface area contributed by atoms with Crippen molar-refractivity contribution < 1.29 is 9.31 Å². The molecule has 0 bridgehead atoms. The zero-order chi connectivity index (χ0) is 17.8. The van der Waals surface area contributed by atoms with Crippen LogP contribution in [0.2, 0.25) is 0 Å². The highest BCUT2D eigenvalue weighted by atomic mass is 32.2. The molecule has 3 rings (SSSR count). The molecular weight excluding hydrogens is 365 g/mol. The number of halogens is 1. The molecule has 124 valence electrons. The maximum Gasteiger partial charge on any atom is 0.283 e. The van der Waals surface area contributed by atoms with E-state index in [0.717, 1.165) is 23.1 Å². The van der Waals surface area contributed by atoms with E-state index in [1.807, 2.05) is 6.07 Å². The molecule has 0 aliphatic carbocycles. The number of benzene rings is 2. The van der Waals surface area contributed by atoms with E-state index < -0.39 is 4.92 Å². The molecule has 0 spiro atoms.